The first-order chi connectivity index (χ1) is 16.7. The van der Waals surface area contributed by atoms with Crippen molar-refractivity contribution in [1.82, 2.24) is 10.2 Å². The molecule has 2 aromatic carbocycles. The molecule has 0 radical (unpaired) electrons. The molecule has 0 spiro atoms. The van der Waals surface area contributed by atoms with Crippen molar-refractivity contribution in [3.63, 3.8) is 0 Å². The van der Waals surface area contributed by atoms with E-state index in [1.807, 2.05) is 48.5 Å². The number of methoxy groups -OCH3 is 1. The molecule has 186 valence electrons. The highest BCUT2D eigenvalue weighted by molar-refractivity contribution is 5.91. The molecule has 2 aliphatic rings. The Labute approximate surface area is 203 Å². The molecule has 0 saturated carbocycles. The van der Waals surface area contributed by atoms with E-state index >= 15 is 0 Å². The number of aliphatic carboxylic acids is 1. The van der Waals surface area contributed by atoms with Gasteiger partial charge in [-0.1, -0.05) is 48.5 Å². The number of carbonyl (C=O) groups is 3. The molecule has 2 aromatic rings. The van der Waals surface area contributed by atoms with Crippen LogP contribution in [0.15, 0.2) is 48.5 Å². The van der Waals surface area contributed by atoms with Crippen molar-refractivity contribution in [3.05, 3.63) is 59.7 Å². The van der Waals surface area contributed by atoms with Crippen LogP contribution in [0.3, 0.4) is 0 Å². The first-order valence-electron chi connectivity index (χ1n) is 11.6. The van der Waals surface area contributed by atoms with E-state index < -0.39 is 29.1 Å². The largest absolute Gasteiger partial charge is 0.479 e. The van der Waals surface area contributed by atoms with E-state index in [4.69, 9.17) is 9.47 Å². The van der Waals surface area contributed by atoms with Crippen molar-refractivity contribution >= 4 is 18.0 Å². The Balaban J connectivity index is 1.46. The number of alkyl carbamates (subject to hydrolysis) is 1. The average molecular weight is 483 g/mol. The molecule has 0 aromatic heterocycles. The zero-order valence-electron chi connectivity index (χ0n) is 19.8. The number of nitrogens with zero attached hydrogens (tertiary/aromatic N) is 1. The molecule has 0 bridgehead atoms. The van der Waals surface area contributed by atoms with Crippen molar-refractivity contribution < 1.29 is 34.1 Å². The van der Waals surface area contributed by atoms with E-state index in [-0.39, 0.29) is 38.6 Å². The van der Waals surface area contributed by atoms with Crippen LogP contribution in [-0.4, -0.2) is 77.6 Å². The van der Waals surface area contributed by atoms with Gasteiger partial charge in [0, 0.05) is 19.6 Å². The van der Waals surface area contributed by atoms with Crippen molar-refractivity contribution in [1.29, 1.82) is 0 Å². The van der Waals surface area contributed by atoms with Crippen LogP contribution < -0.4 is 5.32 Å². The van der Waals surface area contributed by atoms with Crippen LogP contribution in [0.1, 0.15) is 36.8 Å². The van der Waals surface area contributed by atoms with Gasteiger partial charge in [0.1, 0.15) is 12.1 Å². The minimum atomic E-state index is -2.02. The maximum Gasteiger partial charge on any atom is 0.408 e. The summed E-state index contributed by atoms with van der Waals surface area (Å²) in [6.45, 7) is 1.32. The first-order valence-corrected chi connectivity index (χ1v) is 11.6. The quantitative estimate of drug-likeness (QED) is 0.553. The number of β-amino-alcohol motifs (C(OH)–C–C–N with tert-alkyl or cyclic N) is 1. The fourth-order valence-corrected chi connectivity index (χ4v) is 5.03. The van der Waals surface area contributed by atoms with Crippen LogP contribution in [0, 0.1) is 0 Å². The van der Waals surface area contributed by atoms with E-state index in [9.17, 15) is 24.6 Å². The third-order valence-electron chi connectivity index (χ3n) is 6.78. The van der Waals surface area contributed by atoms with Crippen molar-refractivity contribution in [2.45, 2.75) is 36.8 Å². The number of aliphatic hydroxyl groups is 1. The minimum absolute atomic E-state index is 0.0485. The molecule has 4 rings (SSSR count). The Morgan fingerprint density at radius 1 is 1.11 bits per heavy atom. The van der Waals surface area contributed by atoms with Gasteiger partial charge in [0.25, 0.3) is 5.91 Å². The zero-order chi connectivity index (χ0) is 25.2. The minimum Gasteiger partial charge on any atom is -0.479 e. The Kier molecular flexibility index (Phi) is 6.82. The summed E-state index contributed by atoms with van der Waals surface area (Å²) in [5.41, 5.74) is 0.816. The summed E-state index contributed by atoms with van der Waals surface area (Å²) in [4.78, 5) is 38.9. The van der Waals surface area contributed by atoms with Gasteiger partial charge in [-0.2, -0.15) is 0 Å². The number of piperidine rings is 1. The number of fused-ring (bicyclic) bond motifs is 3. The van der Waals surface area contributed by atoms with E-state index in [0.717, 1.165) is 22.3 Å². The molecule has 1 saturated heterocycles. The number of hydrogen-bond donors (Lipinski definition) is 3. The fourth-order valence-electron chi connectivity index (χ4n) is 5.03. The van der Waals surface area contributed by atoms with Gasteiger partial charge in [-0.25, -0.2) is 9.59 Å². The molecule has 1 aliphatic carbocycles. The maximum atomic E-state index is 13.3. The van der Waals surface area contributed by atoms with Gasteiger partial charge < -0.3 is 29.9 Å². The number of likely N-dealkylation sites (tertiary alicyclic amines) is 1. The summed E-state index contributed by atoms with van der Waals surface area (Å²) in [5.74, 6) is -2.06. The number of nitrogens with one attached hydrogen (secondary N) is 1. The molecule has 1 fully saturated rings. The topological polar surface area (TPSA) is 125 Å². The monoisotopic (exact) mass is 482 g/mol. The molecule has 9 nitrogen and oxygen atoms in total. The van der Waals surface area contributed by atoms with Crippen molar-refractivity contribution in [2.24, 2.45) is 0 Å². The number of hydrogen-bond acceptors (Lipinski definition) is 6. The van der Waals surface area contributed by atoms with Crippen LogP contribution in [0.4, 0.5) is 4.79 Å². The Bertz CT molecular complexity index is 1090. The number of carboxylic acids is 1. The molecule has 9 heteroatoms. The molecular formula is C26H30N2O7. The molecule has 2 amide bonds. The van der Waals surface area contributed by atoms with E-state index in [1.165, 1.54) is 18.9 Å². The lowest BCUT2D eigenvalue weighted by Gasteiger charge is -2.40. The fraction of sp³-hybridized carbons (Fsp3) is 0.423. The summed E-state index contributed by atoms with van der Waals surface area (Å²) in [6, 6.07) is 15.9. The van der Waals surface area contributed by atoms with Crippen LogP contribution in [-0.2, 0) is 19.1 Å². The average Bonchev–Trinajstić information content (AvgIpc) is 3.16. The van der Waals surface area contributed by atoms with Crippen LogP contribution >= 0.6 is 0 Å². The van der Waals surface area contributed by atoms with Gasteiger partial charge in [0.2, 0.25) is 0 Å². The summed E-state index contributed by atoms with van der Waals surface area (Å²) in [6.07, 6.45) is -0.416. The number of amides is 2. The summed E-state index contributed by atoms with van der Waals surface area (Å²) < 4.78 is 10.8. The smallest absolute Gasteiger partial charge is 0.408 e. The van der Waals surface area contributed by atoms with Gasteiger partial charge >= 0.3 is 12.1 Å². The highest BCUT2D eigenvalue weighted by Crippen LogP contribution is 2.44. The number of benzene rings is 2. The normalized spacial score (nSPS) is 20.9. The standard InChI is InChI=1S/C26H30N2O7/c1-25(16-34-2,22(29)28-13-7-12-26(33,15-28)23(30)31)27-24(32)35-14-21-19-10-5-3-8-17(19)18-9-4-6-11-20(18)21/h3-6,8-11,21,33H,7,12-16H2,1-2H3,(H,27,32)(H,30,31). The highest BCUT2D eigenvalue weighted by Gasteiger charge is 2.46. The number of carboxylic acid groups (broad SMARTS) is 1. The van der Waals surface area contributed by atoms with Gasteiger partial charge in [-0.15, -0.1) is 0 Å². The SMILES string of the molecule is COCC(C)(NC(=O)OCC1c2ccccc2-c2ccccc21)C(=O)N1CCCC(O)(C(=O)O)C1. The highest BCUT2D eigenvalue weighted by atomic mass is 16.5. The second-order valence-corrected chi connectivity index (χ2v) is 9.38. The first kappa shape index (κ1) is 24.7. The lowest BCUT2D eigenvalue weighted by Crippen LogP contribution is -2.64. The summed E-state index contributed by atoms with van der Waals surface area (Å²) in [7, 11) is 1.40. The lowest BCUT2D eigenvalue weighted by molar-refractivity contribution is -0.168. The van der Waals surface area contributed by atoms with Crippen molar-refractivity contribution in [3.8, 4) is 11.1 Å². The molecule has 1 heterocycles. The molecular weight excluding hydrogens is 452 g/mol. The third-order valence-corrected chi connectivity index (χ3v) is 6.78. The Morgan fingerprint density at radius 2 is 1.71 bits per heavy atom. The second kappa shape index (κ2) is 9.67. The molecule has 2 unspecified atom stereocenters. The predicted octanol–water partition coefficient (Wildman–Crippen LogP) is 2.37. The summed E-state index contributed by atoms with van der Waals surface area (Å²) >= 11 is 0. The van der Waals surface area contributed by atoms with Crippen LogP contribution in [0.2, 0.25) is 0 Å². The van der Waals surface area contributed by atoms with Crippen molar-refractivity contribution in [2.75, 3.05) is 33.4 Å². The predicted molar refractivity (Wildman–Crippen MR) is 127 cm³/mol. The molecule has 2 atom stereocenters. The molecule has 3 N–H and O–H groups in total. The Hall–Kier alpha value is -3.43. The lowest BCUT2D eigenvalue weighted by atomic mass is 9.91. The van der Waals surface area contributed by atoms with E-state index in [0.29, 0.717) is 6.42 Å². The maximum absolute atomic E-state index is 13.3. The number of carbonyl (C=O) groups excluding carboxylic acids is 2. The van der Waals surface area contributed by atoms with Gasteiger partial charge in [-0.05, 0) is 42.0 Å². The van der Waals surface area contributed by atoms with Gasteiger partial charge in [0.15, 0.2) is 5.60 Å². The molecule has 1 aliphatic heterocycles. The molecule has 35 heavy (non-hydrogen) atoms. The van der Waals surface area contributed by atoms with Gasteiger partial charge in [-0.3, -0.25) is 4.79 Å². The zero-order valence-corrected chi connectivity index (χ0v) is 19.8. The summed E-state index contributed by atoms with van der Waals surface area (Å²) in [5, 5.41) is 22.3. The number of ether oxygens (including phenoxy) is 2. The Morgan fingerprint density at radius 3 is 2.29 bits per heavy atom. The van der Waals surface area contributed by atoms with Crippen LogP contribution in [0.25, 0.3) is 11.1 Å². The number of rotatable bonds is 7. The second-order valence-electron chi connectivity index (χ2n) is 9.38. The van der Waals surface area contributed by atoms with E-state index in [2.05, 4.69) is 5.32 Å². The van der Waals surface area contributed by atoms with Crippen LogP contribution in [0.5, 0.6) is 0 Å². The third kappa shape index (κ3) is 4.74. The van der Waals surface area contributed by atoms with E-state index in [1.54, 1.807) is 0 Å². The van der Waals surface area contributed by atoms with Gasteiger partial charge in [0.05, 0.1) is 13.2 Å².